The van der Waals surface area contributed by atoms with Crippen molar-refractivity contribution in [2.75, 3.05) is 0 Å². The third-order valence-corrected chi connectivity index (χ3v) is 5.67. The number of rotatable bonds is 4. The third-order valence-electron chi connectivity index (χ3n) is 5.67. The van der Waals surface area contributed by atoms with E-state index in [0.29, 0.717) is 11.1 Å². The van der Waals surface area contributed by atoms with Crippen molar-refractivity contribution in [2.45, 2.75) is 19.7 Å². The Balaban J connectivity index is 1.65. The highest BCUT2D eigenvalue weighted by atomic mass is 19.4. The summed E-state index contributed by atoms with van der Waals surface area (Å²) in [6.07, 6.45) is -4.86. The molecule has 0 unspecified atom stereocenters. The first kappa shape index (κ1) is 21.8. The van der Waals surface area contributed by atoms with Gasteiger partial charge in [0.15, 0.2) is 0 Å². The van der Waals surface area contributed by atoms with Gasteiger partial charge in [0, 0.05) is 6.07 Å². The lowest BCUT2D eigenvalue weighted by Gasteiger charge is -2.15. The molecule has 0 aliphatic rings. The highest BCUT2D eigenvalue weighted by Gasteiger charge is 2.39. The largest absolute Gasteiger partial charge is 0.489 e. The van der Waals surface area contributed by atoms with Crippen LogP contribution in [0.5, 0.6) is 5.75 Å². The van der Waals surface area contributed by atoms with Crippen LogP contribution in [0.15, 0.2) is 94.1 Å². The summed E-state index contributed by atoms with van der Waals surface area (Å²) in [4.78, 5) is 13.4. The van der Waals surface area contributed by atoms with Gasteiger partial charge in [0.2, 0.25) is 11.2 Å². The van der Waals surface area contributed by atoms with E-state index in [1.807, 2.05) is 31.2 Å². The van der Waals surface area contributed by atoms with Crippen molar-refractivity contribution in [3.63, 3.8) is 0 Å². The number of aryl methyl sites for hydroxylation is 1. The average Bonchev–Trinajstić information content (AvgIpc) is 2.82. The van der Waals surface area contributed by atoms with E-state index in [1.54, 1.807) is 42.5 Å². The highest BCUT2D eigenvalue weighted by Crippen LogP contribution is 2.39. The molecular weight excluding hydrogens is 441 g/mol. The number of benzene rings is 4. The SMILES string of the molecule is Cc1cccc(COc2ccc3c(=O)c(-c4cccc5ccccc45)c(C(F)(F)F)oc3c2)c1. The summed E-state index contributed by atoms with van der Waals surface area (Å²) in [5.74, 6) is -1.01. The second-order valence-corrected chi connectivity index (χ2v) is 8.10. The number of ether oxygens (including phenoxy) is 1. The Bertz CT molecular complexity index is 1580. The van der Waals surface area contributed by atoms with Gasteiger partial charge in [0.05, 0.1) is 10.9 Å². The van der Waals surface area contributed by atoms with Crippen molar-refractivity contribution >= 4 is 21.7 Å². The minimum atomic E-state index is -4.86. The number of halogens is 3. The van der Waals surface area contributed by atoms with Gasteiger partial charge in [0.25, 0.3) is 0 Å². The summed E-state index contributed by atoms with van der Waals surface area (Å²) in [6.45, 7) is 2.19. The molecule has 0 bridgehead atoms. The zero-order valence-corrected chi connectivity index (χ0v) is 18.1. The van der Waals surface area contributed by atoms with Crippen LogP contribution in [0.25, 0.3) is 32.9 Å². The predicted octanol–water partition coefficient (Wildman–Crippen LogP) is 7.52. The molecule has 0 aliphatic heterocycles. The molecule has 0 radical (unpaired) electrons. The summed E-state index contributed by atoms with van der Waals surface area (Å²) < 4.78 is 53.4. The van der Waals surface area contributed by atoms with Gasteiger partial charge < -0.3 is 9.15 Å². The van der Waals surface area contributed by atoms with Crippen LogP contribution >= 0.6 is 0 Å². The minimum absolute atomic E-state index is 0.0545. The van der Waals surface area contributed by atoms with Gasteiger partial charge in [-0.1, -0.05) is 72.3 Å². The van der Waals surface area contributed by atoms with E-state index in [4.69, 9.17) is 9.15 Å². The van der Waals surface area contributed by atoms with Crippen molar-refractivity contribution in [1.82, 2.24) is 0 Å². The Morgan fingerprint density at radius 2 is 1.62 bits per heavy atom. The van der Waals surface area contributed by atoms with Crippen molar-refractivity contribution in [3.05, 3.63) is 112 Å². The van der Waals surface area contributed by atoms with E-state index in [0.717, 1.165) is 16.5 Å². The summed E-state index contributed by atoms with van der Waals surface area (Å²) in [6, 6.07) is 24.0. The lowest BCUT2D eigenvalue weighted by molar-refractivity contribution is -0.152. The molecule has 0 saturated heterocycles. The van der Waals surface area contributed by atoms with Gasteiger partial charge in [-0.2, -0.15) is 13.2 Å². The third kappa shape index (κ3) is 4.03. The molecule has 1 heterocycles. The van der Waals surface area contributed by atoms with E-state index in [-0.39, 0.29) is 23.1 Å². The van der Waals surface area contributed by atoms with Crippen molar-refractivity contribution in [1.29, 1.82) is 0 Å². The Labute approximate surface area is 193 Å². The summed E-state index contributed by atoms with van der Waals surface area (Å²) in [5, 5.41) is 1.33. The average molecular weight is 460 g/mol. The van der Waals surface area contributed by atoms with Crippen molar-refractivity contribution in [2.24, 2.45) is 0 Å². The number of alkyl halides is 3. The Morgan fingerprint density at radius 1 is 0.853 bits per heavy atom. The maximum atomic E-state index is 14.1. The Kier molecular flexibility index (Phi) is 5.36. The molecule has 0 amide bonds. The quantitative estimate of drug-likeness (QED) is 0.278. The van der Waals surface area contributed by atoms with Gasteiger partial charge >= 0.3 is 6.18 Å². The molecule has 5 aromatic rings. The van der Waals surface area contributed by atoms with Crippen LogP contribution < -0.4 is 10.2 Å². The second kappa shape index (κ2) is 8.37. The number of fused-ring (bicyclic) bond motifs is 2. The molecule has 0 atom stereocenters. The zero-order chi connectivity index (χ0) is 23.9. The molecule has 6 heteroatoms. The monoisotopic (exact) mass is 460 g/mol. The molecule has 1 aromatic heterocycles. The van der Waals surface area contributed by atoms with Crippen LogP contribution in [0.2, 0.25) is 0 Å². The molecule has 0 spiro atoms. The lowest BCUT2D eigenvalue weighted by Crippen LogP contribution is -2.16. The van der Waals surface area contributed by atoms with Gasteiger partial charge in [0.1, 0.15) is 17.9 Å². The van der Waals surface area contributed by atoms with Gasteiger partial charge in [-0.05, 0) is 41.0 Å². The molecule has 34 heavy (non-hydrogen) atoms. The van der Waals surface area contributed by atoms with E-state index in [1.165, 1.54) is 18.2 Å². The van der Waals surface area contributed by atoms with Gasteiger partial charge in [-0.3, -0.25) is 4.79 Å². The molecule has 0 aliphatic carbocycles. The molecule has 0 saturated carbocycles. The second-order valence-electron chi connectivity index (χ2n) is 8.10. The van der Waals surface area contributed by atoms with E-state index >= 15 is 0 Å². The predicted molar refractivity (Wildman–Crippen MR) is 126 cm³/mol. The normalized spacial score (nSPS) is 11.8. The smallest absolute Gasteiger partial charge is 0.450 e. The maximum Gasteiger partial charge on any atom is 0.450 e. The van der Waals surface area contributed by atoms with E-state index < -0.39 is 22.9 Å². The van der Waals surface area contributed by atoms with Crippen molar-refractivity contribution in [3.8, 4) is 16.9 Å². The molecule has 5 rings (SSSR count). The van der Waals surface area contributed by atoms with Crippen LogP contribution in [0, 0.1) is 6.92 Å². The number of hydrogen-bond acceptors (Lipinski definition) is 3. The summed E-state index contributed by atoms with van der Waals surface area (Å²) in [7, 11) is 0. The Morgan fingerprint density at radius 3 is 2.41 bits per heavy atom. The van der Waals surface area contributed by atoms with Crippen LogP contribution in [0.1, 0.15) is 16.9 Å². The van der Waals surface area contributed by atoms with E-state index in [9.17, 15) is 18.0 Å². The van der Waals surface area contributed by atoms with Crippen LogP contribution in [0.3, 0.4) is 0 Å². The Hall–Kier alpha value is -4.06. The number of hydrogen-bond donors (Lipinski definition) is 0. The molecule has 3 nitrogen and oxygen atoms in total. The fraction of sp³-hybridized carbons (Fsp3) is 0.107. The molecule has 0 N–H and O–H groups in total. The fourth-order valence-electron chi connectivity index (χ4n) is 4.12. The summed E-state index contributed by atoms with van der Waals surface area (Å²) >= 11 is 0. The molecular formula is C28H19F3O3. The zero-order valence-electron chi connectivity index (χ0n) is 18.1. The molecule has 170 valence electrons. The van der Waals surface area contributed by atoms with Crippen LogP contribution in [-0.2, 0) is 12.8 Å². The van der Waals surface area contributed by atoms with E-state index in [2.05, 4.69) is 0 Å². The lowest BCUT2D eigenvalue weighted by atomic mass is 9.96. The van der Waals surface area contributed by atoms with Crippen LogP contribution in [0.4, 0.5) is 13.2 Å². The highest BCUT2D eigenvalue weighted by molar-refractivity contribution is 5.98. The van der Waals surface area contributed by atoms with Crippen molar-refractivity contribution < 1.29 is 22.3 Å². The summed E-state index contributed by atoms with van der Waals surface area (Å²) in [5.41, 5.74) is 0.759. The van der Waals surface area contributed by atoms with Gasteiger partial charge in [-0.15, -0.1) is 0 Å². The topological polar surface area (TPSA) is 39.4 Å². The maximum absolute atomic E-state index is 14.1. The fourth-order valence-corrected chi connectivity index (χ4v) is 4.12. The minimum Gasteiger partial charge on any atom is -0.489 e. The van der Waals surface area contributed by atoms with Gasteiger partial charge in [-0.25, -0.2) is 0 Å². The molecule has 4 aromatic carbocycles. The first-order valence-corrected chi connectivity index (χ1v) is 10.7. The first-order chi connectivity index (χ1) is 16.3. The first-order valence-electron chi connectivity index (χ1n) is 10.7. The molecule has 0 fully saturated rings. The standard InChI is InChI=1S/C28H19F3O3/c1-17-6-4-7-18(14-17)16-33-20-12-13-23-24(15-20)34-27(28(29,30)31)25(26(23)32)22-11-5-9-19-8-2-3-10-21(19)22/h2-15H,16H2,1H3. The van der Waals surface area contributed by atoms with Crippen LogP contribution in [-0.4, -0.2) is 0 Å².